The van der Waals surface area contributed by atoms with E-state index in [1.165, 1.54) is 0 Å². The minimum Gasteiger partial charge on any atom is -0.454 e. The first-order valence-electron chi connectivity index (χ1n) is 5.88. The summed E-state index contributed by atoms with van der Waals surface area (Å²) in [7, 11) is 0. The van der Waals surface area contributed by atoms with Crippen molar-refractivity contribution in [3.8, 4) is 11.5 Å². The monoisotopic (exact) mass is 292 g/mol. The second kappa shape index (κ2) is 4.83. The molecule has 0 amide bonds. The normalized spacial score (nSPS) is 11.1. The second-order valence-electron chi connectivity index (χ2n) is 4.14. The molecular formula is C14H10Cl2N2O. The first-order chi connectivity index (χ1) is 9.15. The van der Waals surface area contributed by atoms with E-state index in [0.29, 0.717) is 27.5 Å². The van der Waals surface area contributed by atoms with Gasteiger partial charge in [0.1, 0.15) is 22.3 Å². The lowest BCUT2D eigenvalue weighted by molar-refractivity contribution is 0.627. The average Bonchev–Trinajstić information content (AvgIpc) is 2.80. The first kappa shape index (κ1) is 12.5. The largest absolute Gasteiger partial charge is 0.454 e. The summed E-state index contributed by atoms with van der Waals surface area (Å²) < 4.78 is 5.76. The van der Waals surface area contributed by atoms with Crippen molar-refractivity contribution < 1.29 is 4.42 Å². The predicted octanol–water partition coefficient (Wildman–Crippen LogP) is 4.76. The Hall–Kier alpha value is -1.58. The van der Waals surface area contributed by atoms with Crippen molar-refractivity contribution in [2.24, 2.45) is 0 Å². The Kier molecular flexibility index (Phi) is 3.17. The van der Waals surface area contributed by atoms with Gasteiger partial charge in [-0.15, -0.1) is 0 Å². The smallest absolute Gasteiger partial charge is 0.153 e. The summed E-state index contributed by atoms with van der Waals surface area (Å²) in [6, 6.07) is 9.08. The minimum absolute atomic E-state index is 0.417. The molecule has 3 aromatic rings. The van der Waals surface area contributed by atoms with E-state index >= 15 is 0 Å². The Morgan fingerprint density at radius 2 is 1.95 bits per heavy atom. The van der Waals surface area contributed by atoms with Crippen LogP contribution in [0.5, 0.6) is 0 Å². The van der Waals surface area contributed by atoms with Crippen LogP contribution in [0.1, 0.15) is 12.7 Å². The molecule has 0 aliphatic heterocycles. The molecule has 3 rings (SSSR count). The summed E-state index contributed by atoms with van der Waals surface area (Å²) in [5, 5.41) is 2.03. The van der Waals surface area contributed by atoms with Gasteiger partial charge in [-0.25, -0.2) is 9.97 Å². The molecular weight excluding hydrogens is 283 g/mol. The van der Waals surface area contributed by atoms with Gasteiger partial charge in [0.05, 0.1) is 0 Å². The maximum atomic E-state index is 5.99. The number of aromatic nitrogens is 2. The van der Waals surface area contributed by atoms with Crippen LogP contribution in [0, 0.1) is 0 Å². The fourth-order valence-corrected chi connectivity index (χ4v) is 2.27. The Morgan fingerprint density at radius 3 is 2.74 bits per heavy atom. The third kappa shape index (κ3) is 2.44. The standard InChI is InChI=1S/C14H10Cl2N2O/c1-2-14-17-10(7-13(16)18-14)12-6-8-5-9(15)3-4-11(8)19-12/h3-7H,2H2,1H3. The molecule has 0 radical (unpaired) electrons. The third-order valence-electron chi connectivity index (χ3n) is 2.79. The fraction of sp³-hybridized carbons (Fsp3) is 0.143. The van der Waals surface area contributed by atoms with Crippen molar-refractivity contribution in [1.29, 1.82) is 0 Å². The molecule has 0 spiro atoms. The van der Waals surface area contributed by atoms with Gasteiger partial charge in [0.25, 0.3) is 0 Å². The number of hydrogen-bond acceptors (Lipinski definition) is 3. The minimum atomic E-state index is 0.417. The molecule has 1 aromatic carbocycles. The van der Waals surface area contributed by atoms with Crippen LogP contribution in [0.4, 0.5) is 0 Å². The van der Waals surface area contributed by atoms with Crippen LogP contribution in [-0.4, -0.2) is 9.97 Å². The van der Waals surface area contributed by atoms with E-state index in [4.69, 9.17) is 27.6 Å². The van der Waals surface area contributed by atoms with E-state index in [1.54, 1.807) is 12.1 Å². The van der Waals surface area contributed by atoms with Gasteiger partial charge in [0.15, 0.2) is 5.76 Å². The summed E-state index contributed by atoms with van der Waals surface area (Å²) in [4.78, 5) is 8.56. The molecule has 0 saturated carbocycles. The number of hydrogen-bond donors (Lipinski definition) is 0. The Labute approximate surface area is 120 Å². The second-order valence-corrected chi connectivity index (χ2v) is 4.96. The Balaban J connectivity index is 2.15. The lowest BCUT2D eigenvalue weighted by atomic mass is 10.2. The van der Waals surface area contributed by atoms with Crippen LogP contribution in [-0.2, 0) is 6.42 Å². The summed E-state index contributed by atoms with van der Waals surface area (Å²) in [5.74, 6) is 1.36. The van der Waals surface area contributed by atoms with Crippen molar-refractivity contribution in [3.05, 3.63) is 46.3 Å². The molecule has 0 fully saturated rings. The van der Waals surface area contributed by atoms with Crippen molar-refractivity contribution in [2.75, 3.05) is 0 Å². The van der Waals surface area contributed by atoms with Crippen LogP contribution >= 0.6 is 23.2 Å². The average molecular weight is 293 g/mol. The number of rotatable bonds is 2. The quantitative estimate of drug-likeness (QED) is 0.639. The molecule has 0 saturated heterocycles. The van der Waals surface area contributed by atoms with Gasteiger partial charge in [0.2, 0.25) is 0 Å². The van der Waals surface area contributed by atoms with E-state index < -0.39 is 0 Å². The molecule has 96 valence electrons. The van der Waals surface area contributed by atoms with Gasteiger partial charge in [-0.3, -0.25) is 0 Å². The SMILES string of the molecule is CCc1nc(Cl)cc(-c2cc3cc(Cl)ccc3o2)n1. The zero-order chi connectivity index (χ0) is 13.4. The molecule has 3 nitrogen and oxygen atoms in total. The zero-order valence-corrected chi connectivity index (χ0v) is 11.7. The highest BCUT2D eigenvalue weighted by molar-refractivity contribution is 6.31. The highest BCUT2D eigenvalue weighted by Crippen LogP contribution is 2.29. The van der Waals surface area contributed by atoms with E-state index in [0.717, 1.165) is 17.4 Å². The highest BCUT2D eigenvalue weighted by atomic mass is 35.5. The maximum absolute atomic E-state index is 5.99. The molecule has 0 N–H and O–H groups in total. The molecule has 0 unspecified atom stereocenters. The molecule has 0 aliphatic rings. The van der Waals surface area contributed by atoms with Crippen molar-refractivity contribution in [2.45, 2.75) is 13.3 Å². The molecule has 2 heterocycles. The lowest BCUT2D eigenvalue weighted by Crippen LogP contribution is -1.94. The molecule has 5 heteroatoms. The number of furan rings is 1. The van der Waals surface area contributed by atoms with Gasteiger partial charge < -0.3 is 4.42 Å². The third-order valence-corrected chi connectivity index (χ3v) is 3.22. The summed E-state index contributed by atoms with van der Waals surface area (Å²) in [6.07, 6.45) is 0.722. The molecule has 0 aliphatic carbocycles. The summed E-state index contributed by atoms with van der Waals surface area (Å²) in [5.41, 5.74) is 1.45. The van der Waals surface area contributed by atoms with Crippen molar-refractivity contribution in [1.82, 2.24) is 9.97 Å². The van der Waals surface area contributed by atoms with Crippen molar-refractivity contribution >= 4 is 34.2 Å². The fourth-order valence-electron chi connectivity index (χ4n) is 1.89. The number of aryl methyl sites for hydroxylation is 1. The van der Waals surface area contributed by atoms with E-state index in [9.17, 15) is 0 Å². The van der Waals surface area contributed by atoms with Crippen LogP contribution < -0.4 is 0 Å². The van der Waals surface area contributed by atoms with Gasteiger partial charge in [-0.2, -0.15) is 0 Å². The topological polar surface area (TPSA) is 38.9 Å². The Morgan fingerprint density at radius 1 is 1.11 bits per heavy atom. The molecule has 0 bridgehead atoms. The molecule has 2 aromatic heterocycles. The van der Waals surface area contributed by atoms with Crippen LogP contribution in [0.3, 0.4) is 0 Å². The molecule has 0 atom stereocenters. The van der Waals surface area contributed by atoms with Gasteiger partial charge >= 0.3 is 0 Å². The summed E-state index contributed by atoms with van der Waals surface area (Å²) >= 11 is 11.9. The van der Waals surface area contributed by atoms with E-state index in [1.807, 2.05) is 25.1 Å². The lowest BCUT2D eigenvalue weighted by Gasteiger charge is -2.00. The highest BCUT2D eigenvalue weighted by Gasteiger charge is 2.10. The Bertz CT molecular complexity index is 752. The number of fused-ring (bicyclic) bond motifs is 1. The summed E-state index contributed by atoms with van der Waals surface area (Å²) in [6.45, 7) is 1.98. The van der Waals surface area contributed by atoms with Gasteiger partial charge in [-0.05, 0) is 24.3 Å². The van der Waals surface area contributed by atoms with Crippen molar-refractivity contribution in [3.63, 3.8) is 0 Å². The first-order valence-corrected chi connectivity index (χ1v) is 6.64. The number of benzene rings is 1. The van der Waals surface area contributed by atoms with E-state index in [2.05, 4.69) is 9.97 Å². The predicted molar refractivity (Wildman–Crippen MR) is 76.6 cm³/mol. The zero-order valence-electron chi connectivity index (χ0n) is 10.2. The van der Waals surface area contributed by atoms with Crippen LogP contribution in [0.15, 0.2) is 34.7 Å². The van der Waals surface area contributed by atoms with Crippen LogP contribution in [0.25, 0.3) is 22.4 Å². The molecule has 19 heavy (non-hydrogen) atoms. The number of halogens is 2. The number of nitrogens with zero attached hydrogens (tertiary/aromatic N) is 2. The maximum Gasteiger partial charge on any atom is 0.153 e. The van der Waals surface area contributed by atoms with E-state index in [-0.39, 0.29) is 0 Å². The van der Waals surface area contributed by atoms with Gasteiger partial charge in [-0.1, -0.05) is 30.1 Å². The van der Waals surface area contributed by atoms with Crippen LogP contribution in [0.2, 0.25) is 10.2 Å². The van der Waals surface area contributed by atoms with Gasteiger partial charge in [0, 0.05) is 22.9 Å².